The molecule has 1 fully saturated rings. The molecule has 0 unspecified atom stereocenters. The first kappa shape index (κ1) is 6.99. The maximum atomic E-state index is 8.51. The Bertz CT molecular complexity index is 85.1. The zero-order chi connectivity index (χ0) is 6.69. The third-order valence-corrected chi connectivity index (χ3v) is 1.39. The number of hydrogen-bond acceptors (Lipinski definition) is 3. The van der Waals surface area contributed by atoms with Crippen LogP contribution in [0.15, 0.2) is 0 Å². The van der Waals surface area contributed by atoms with Gasteiger partial charge in [0.05, 0.1) is 6.61 Å². The Morgan fingerprint density at radius 3 is 2.78 bits per heavy atom. The van der Waals surface area contributed by atoms with Crippen LogP contribution >= 0.6 is 0 Å². The Morgan fingerprint density at radius 2 is 2.33 bits per heavy atom. The number of β-amino-alcohol motifs (C(OH)–C–C–N with tert-alkyl or cyclic N) is 1. The number of aliphatic hydroxyl groups excluding tert-OH is 1. The van der Waals surface area contributed by atoms with Gasteiger partial charge in [0.15, 0.2) is 0 Å². The van der Waals surface area contributed by atoms with Crippen LogP contribution < -0.4 is 0 Å². The molecule has 2 radical (unpaired) electrons. The molecule has 1 N–H and O–H groups in total. The number of hydrogen-bond donors (Lipinski definition) is 1. The summed E-state index contributed by atoms with van der Waals surface area (Å²) < 4.78 is 0. The van der Waals surface area contributed by atoms with E-state index in [1.165, 1.54) is 0 Å². The molecule has 0 aromatic rings. The minimum atomic E-state index is 0.223. The molecule has 0 aromatic heterocycles. The summed E-state index contributed by atoms with van der Waals surface area (Å²) in [5.74, 6) is 0. The third kappa shape index (κ3) is 1.93. The van der Waals surface area contributed by atoms with Crippen LogP contribution in [0.5, 0.6) is 0 Å². The number of aliphatic hydroxyl groups is 1. The fraction of sp³-hybridized carbons (Fsp3) is 0.833. The first-order valence-corrected chi connectivity index (χ1v) is 3.16. The van der Waals surface area contributed by atoms with Gasteiger partial charge in [-0.1, -0.05) is 0 Å². The van der Waals surface area contributed by atoms with Crippen LogP contribution in [0.1, 0.15) is 0 Å². The van der Waals surface area contributed by atoms with E-state index in [4.69, 9.17) is 5.11 Å². The standard InChI is InChI=1S/C6H12N2O/c1-7-2-3-8(6-7)4-5-9/h9H,2-5H2,1H3. The van der Waals surface area contributed by atoms with Gasteiger partial charge < -0.3 is 5.11 Å². The lowest BCUT2D eigenvalue weighted by atomic mass is 10.5. The van der Waals surface area contributed by atoms with E-state index in [1.54, 1.807) is 0 Å². The Morgan fingerprint density at radius 1 is 1.56 bits per heavy atom. The summed E-state index contributed by atoms with van der Waals surface area (Å²) in [5.41, 5.74) is 0. The zero-order valence-corrected chi connectivity index (χ0v) is 5.67. The van der Waals surface area contributed by atoms with Gasteiger partial charge in [-0.25, -0.2) is 0 Å². The molecule has 0 spiro atoms. The average molecular weight is 128 g/mol. The number of rotatable bonds is 2. The molecule has 1 rings (SSSR count). The summed E-state index contributed by atoms with van der Waals surface area (Å²) in [7, 11) is 1.98. The lowest BCUT2D eigenvalue weighted by Gasteiger charge is -2.10. The van der Waals surface area contributed by atoms with Crippen LogP contribution in [0, 0.1) is 6.67 Å². The molecule has 1 aliphatic rings. The van der Waals surface area contributed by atoms with E-state index in [0.717, 1.165) is 13.1 Å². The molecule has 52 valence electrons. The predicted octanol–water partition coefficient (Wildman–Crippen LogP) is -0.778. The van der Waals surface area contributed by atoms with Gasteiger partial charge in [0.1, 0.15) is 6.67 Å². The van der Waals surface area contributed by atoms with Crippen LogP contribution in [0.3, 0.4) is 0 Å². The Labute approximate surface area is 55.9 Å². The van der Waals surface area contributed by atoms with Gasteiger partial charge in [-0.15, -0.1) is 0 Å². The van der Waals surface area contributed by atoms with Gasteiger partial charge in [-0.2, -0.15) is 0 Å². The quantitative estimate of drug-likeness (QED) is 0.528. The topological polar surface area (TPSA) is 26.7 Å². The molecular formula is C6H12N2O. The van der Waals surface area contributed by atoms with Crippen molar-refractivity contribution in [1.29, 1.82) is 0 Å². The van der Waals surface area contributed by atoms with Crippen molar-refractivity contribution >= 4 is 0 Å². The van der Waals surface area contributed by atoms with Crippen LogP contribution in [-0.2, 0) is 0 Å². The molecule has 0 atom stereocenters. The van der Waals surface area contributed by atoms with Crippen LogP contribution in [0.2, 0.25) is 0 Å². The van der Waals surface area contributed by atoms with Crippen molar-refractivity contribution in [3.8, 4) is 0 Å². The molecule has 9 heavy (non-hydrogen) atoms. The van der Waals surface area contributed by atoms with Crippen LogP contribution in [0.4, 0.5) is 0 Å². The van der Waals surface area contributed by atoms with E-state index in [1.807, 2.05) is 16.8 Å². The van der Waals surface area contributed by atoms with Gasteiger partial charge in [0, 0.05) is 19.6 Å². The number of nitrogens with zero attached hydrogens (tertiary/aromatic N) is 2. The molecule has 0 aliphatic carbocycles. The molecule has 3 nitrogen and oxygen atoms in total. The van der Waals surface area contributed by atoms with E-state index in [2.05, 4.69) is 6.67 Å². The van der Waals surface area contributed by atoms with Crippen LogP contribution in [0.25, 0.3) is 0 Å². The highest BCUT2D eigenvalue weighted by atomic mass is 16.3. The van der Waals surface area contributed by atoms with Gasteiger partial charge in [0.25, 0.3) is 0 Å². The summed E-state index contributed by atoms with van der Waals surface area (Å²) in [6.07, 6.45) is 0. The number of likely N-dealkylation sites (N-methyl/N-ethyl adjacent to an activating group) is 1. The predicted molar refractivity (Wildman–Crippen MR) is 34.5 cm³/mol. The molecule has 0 aromatic carbocycles. The van der Waals surface area contributed by atoms with Gasteiger partial charge in [0.2, 0.25) is 0 Å². The smallest absolute Gasteiger partial charge is 0.146 e. The second kappa shape index (κ2) is 3.15. The zero-order valence-electron chi connectivity index (χ0n) is 5.67. The Kier molecular flexibility index (Phi) is 2.45. The van der Waals surface area contributed by atoms with Crippen molar-refractivity contribution in [2.75, 3.05) is 33.3 Å². The highest BCUT2D eigenvalue weighted by Crippen LogP contribution is 2.04. The van der Waals surface area contributed by atoms with E-state index in [9.17, 15) is 0 Å². The average Bonchev–Trinajstić information content (AvgIpc) is 2.17. The van der Waals surface area contributed by atoms with Gasteiger partial charge >= 0.3 is 0 Å². The lowest BCUT2D eigenvalue weighted by Crippen LogP contribution is -2.21. The lowest BCUT2D eigenvalue weighted by molar-refractivity contribution is 0.231. The summed E-state index contributed by atoms with van der Waals surface area (Å²) in [4.78, 5) is 3.98. The molecule has 1 heterocycles. The molecule has 1 saturated heterocycles. The third-order valence-electron chi connectivity index (χ3n) is 1.39. The highest BCUT2D eigenvalue weighted by molar-refractivity contribution is 4.76. The van der Waals surface area contributed by atoms with Crippen molar-refractivity contribution in [3.05, 3.63) is 6.67 Å². The summed E-state index contributed by atoms with van der Waals surface area (Å²) in [5, 5.41) is 8.51. The van der Waals surface area contributed by atoms with E-state index in [0.29, 0.717) is 6.54 Å². The molecule has 3 heteroatoms. The van der Waals surface area contributed by atoms with Crippen molar-refractivity contribution in [2.24, 2.45) is 0 Å². The largest absolute Gasteiger partial charge is 0.395 e. The second-order valence-corrected chi connectivity index (χ2v) is 2.23. The monoisotopic (exact) mass is 128 g/mol. The van der Waals surface area contributed by atoms with Crippen LogP contribution in [-0.4, -0.2) is 48.2 Å². The minimum Gasteiger partial charge on any atom is -0.395 e. The maximum absolute atomic E-state index is 8.51. The molecule has 0 bridgehead atoms. The SMILES string of the molecule is CN1[C]N(CCO)CC1. The second-order valence-electron chi connectivity index (χ2n) is 2.23. The molecule has 0 saturated carbocycles. The van der Waals surface area contributed by atoms with E-state index in [-0.39, 0.29) is 6.61 Å². The first-order chi connectivity index (χ1) is 4.33. The van der Waals surface area contributed by atoms with Gasteiger partial charge in [-0.05, 0) is 7.05 Å². The molecule has 0 amide bonds. The van der Waals surface area contributed by atoms with Crippen molar-refractivity contribution in [3.63, 3.8) is 0 Å². The van der Waals surface area contributed by atoms with Gasteiger partial charge in [-0.3, -0.25) is 9.80 Å². The fourth-order valence-corrected chi connectivity index (χ4v) is 0.895. The van der Waals surface area contributed by atoms with Crippen molar-refractivity contribution in [2.45, 2.75) is 0 Å². The fourth-order valence-electron chi connectivity index (χ4n) is 0.895. The van der Waals surface area contributed by atoms with Crippen molar-refractivity contribution < 1.29 is 5.11 Å². The Balaban J connectivity index is 2.14. The maximum Gasteiger partial charge on any atom is 0.146 e. The summed E-state index contributed by atoms with van der Waals surface area (Å²) >= 11 is 0. The van der Waals surface area contributed by atoms with Crippen molar-refractivity contribution in [1.82, 2.24) is 9.80 Å². The molecular weight excluding hydrogens is 116 g/mol. The molecule has 1 aliphatic heterocycles. The summed E-state index contributed by atoms with van der Waals surface area (Å²) in [6.45, 7) is 6.02. The Hall–Kier alpha value is -0.120. The van der Waals surface area contributed by atoms with E-state index < -0.39 is 0 Å². The normalized spacial score (nSPS) is 23.3. The van der Waals surface area contributed by atoms with E-state index >= 15 is 0 Å². The summed E-state index contributed by atoms with van der Waals surface area (Å²) in [6, 6.07) is 0. The minimum absolute atomic E-state index is 0.223. The highest BCUT2D eigenvalue weighted by Gasteiger charge is 2.16. The first-order valence-electron chi connectivity index (χ1n) is 3.16.